The zero-order valence-electron chi connectivity index (χ0n) is 15.5. The van der Waals surface area contributed by atoms with Crippen LogP contribution in [0.25, 0.3) is 0 Å². The lowest BCUT2D eigenvalue weighted by atomic mass is 10.00. The number of carbonyl (C=O) groups excluding carboxylic acids is 1. The number of carbonyl (C=O) groups is 1. The number of nitro benzene ring substituents is 1. The lowest BCUT2D eigenvalue weighted by Gasteiger charge is -2.11. The molecule has 0 fully saturated rings. The number of nitro groups is 1. The number of halogens is 1. The molecule has 1 atom stereocenters. The molecule has 0 spiro atoms. The van der Waals surface area contributed by atoms with Gasteiger partial charge in [-0.05, 0) is 19.0 Å². The molecule has 7 heteroatoms. The van der Waals surface area contributed by atoms with Gasteiger partial charge in [0.05, 0.1) is 17.7 Å². The van der Waals surface area contributed by atoms with Crippen LogP contribution < -0.4 is 5.32 Å². The molecule has 6 nitrogen and oxygen atoms in total. The number of benzene rings is 2. The second-order valence-corrected chi connectivity index (χ2v) is 5.14. The zero-order valence-corrected chi connectivity index (χ0v) is 12.3. The molecule has 1 heterocycles. The van der Waals surface area contributed by atoms with Gasteiger partial charge in [0.15, 0.2) is 0 Å². The Morgan fingerprint density at radius 2 is 2.13 bits per heavy atom. The fraction of sp³-hybridized carbons (Fsp3) is 0.125. The van der Waals surface area contributed by atoms with Crippen LogP contribution in [0.15, 0.2) is 47.5 Å². The summed E-state index contributed by atoms with van der Waals surface area (Å²) in [5, 5.41) is 13.7. The third-order valence-corrected chi connectivity index (χ3v) is 3.61. The van der Waals surface area contributed by atoms with Crippen LogP contribution in [0.5, 0.6) is 0 Å². The van der Waals surface area contributed by atoms with Gasteiger partial charge in [0, 0.05) is 32.4 Å². The summed E-state index contributed by atoms with van der Waals surface area (Å²) in [6, 6.07) is 7.04. The minimum absolute atomic E-state index is 0.0937. The van der Waals surface area contributed by atoms with Gasteiger partial charge in [-0.2, -0.15) is 0 Å². The molecule has 2 aromatic rings. The second-order valence-electron chi connectivity index (χ2n) is 4.73. The number of hydrogen-bond donors (Lipinski definition) is 1. The van der Waals surface area contributed by atoms with Crippen LogP contribution in [0.3, 0.4) is 0 Å². The predicted octanol–water partition coefficient (Wildman–Crippen LogP) is 3.43. The van der Waals surface area contributed by atoms with E-state index in [1.54, 1.807) is 12.1 Å². The lowest BCUT2D eigenvalue weighted by molar-refractivity contribution is -0.384. The van der Waals surface area contributed by atoms with Crippen molar-refractivity contribution in [3.63, 3.8) is 0 Å². The van der Waals surface area contributed by atoms with Crippen LogP contribution in [0.4, 0.5) is 11.4 Å². The molecule has 23 heavy (non-hydrogen) atoms. The average molecular weight is 334 g/mol. The number of anilines is 1. The van der Waals surface area contributed by atoms with E-state index >= 15 is 0 Å². The van der Waals surface area contributed by atoms with Crippen molar-refractivity contribution in [3.8, 4) is 0 Å². The fourth-order valence-corrected chi connectivity index (χ4v) is 2.44. The molecule has 1 amide bonds. The Morgan fingerprint density at radius 3 is 2.83 bits per heavy atom. The first kappa shape index (κ1) is 10.9. The van der Waals surface area contributed by atoms with Crippen LogP contribution in [0.2, 0.25) is 5.02 Å². The summed E-state index contributed by atoms with van der Waals surface area (Å²) in [5.41, 5.74) is 0.0721. The molecular weight excluding hydrogens is 318 g/mol. The summed E-state index contributed by atoms with van der Waals surface area (Å²) in [7, 11) is 0. The number of nitrogens with one attached hydrogen (secondary N) is 1. The standard InChI is InChI=1S/C16H12ClN3O3/c1-9-16(21)19-14-7-6-10(20(22)23)8-12(14)15(18-9)11-4-2-3-5-13(11)17/h2-9H,1H3,(H,19,21)/t9-/m0/s1/i1D3,9D. The van der Waals surface area contributed by atoms with E-state index in [0.717, 1.165) is 12.1 Å². The number of aliphatic imine (C=N–C) groups is 1. The monoisotopic (exact) mass is 333 g/mol. The first-order valence-electron chi connectivity index (χ1n) is 8.49. The van der Waals surface area contributed by atoms with Gasteiger partial charge >= 0.3 is 0 Å². The number of fused-ring (bicyclic) bond motifs is 1. The highest BCUT2D eigenvalue weighted by Gasteiger charge is 2.25. The van der Waals surface area contributed by atoms with Crippen molar-refractivity contribution in [3.05, 3.63) is 68.7 Å². The topological polar surface area (TPSA) is 84.6 Å². The lowest BCUT2D eigenvalue weighted by Crippen LogP contribution is -2.22. The van der Waals surface area contributed by atoms with Gasteiger partial charge in [-0.1, -0.05) is 29.8 Å². The van der Waals surface area contributed by atoms with Crippen LogP contribution in [0.1, 0.15) is 23.5 Å². The van der Waals surface area contributed by atoms with Crippen LogP contribution in [-0.4, -0.2) is 22.6 Å². The molecule has 116 valence electrons. The maximum absolute atomic E-state index is 12.5. The van der Waals surface area contributed by atoms with Gasteiger partial charge < -0.3 is 5.32 Å². The van der Waals surface area contributed by atoms with Crippen molar-refractivity contribution >= 4 is 34.6 Å². The molecule has 1 aliphatic rings. The quantitative estimate of drug-likeness (QED) is 0.675. The SMILES string of the molecule is [2H]C([2H])([2H])[C@]1([2H])N=C(c2ccccc2Cl)c2cc([N+](=O)[O-])ccc2NC1=O. The Balaban J connectivity index is 2.38. The molecule has 0 saturated heterocycles. The van der Waals surface area contributed by atoms with Crippen molar-refractivity contribution in [2.24, 2.45) is 4.99 Å². The molecule has 2 aromatic carbocycles. The third kappa shape index (κ3) is 2.80. The summed E-state index contributed by atoms with van der Waals surface area (Å²) < 4.78 is 31.1. The van der Waals surface area contributed by atoms with Crippen molar-refractivity contribution in [1.82, 2.24) is 0 Å². The third-order valence-electron chi connectivity index (χ3n) is 3.28. The van der Waals surface area contributed by atoms with Crippen LogP contribution >= 0.6 is 11.6 Å². The Labute approximate surface area is 142 Å². The van der Waals surface area contributed by atoms with Crippen molar-refractivity contribution in [1.29, 1.82) is 0 Å². The number of benzodiazepines with no additional fused rings is 1. The molecule has 0 aromatic heterocycles. The highest BCUT2D eigenvalue weighted by atomic mass is 35.5. The molecule has 0 bridgehead atoms. The molecule has 1 aliphatic heterocycles. The summed E-state index contributed by atoms with van der Waals surface area (Å²) in [4.78, 5) is 27.0. The average Bonchev–Trinajstić information content (AvgIpc) is 2.70. The minimum atomic E-state index is -3.09. The second kappa shape index (κ2) is 5.81. The normalized spacial score (nSPS) is 23.2. The predicted molar refractivity (Wildman–Crippen MR) is 88.3 cm³/mol. The summed E-state index contributed by atoms with van der Waals surface area (Å²) in [6.45, 7) is -3.09. The highest BCUT2D eigenvalue weighted by Crippen LogP contribution is 2.30. The van der Waals surface area contributed by atoms with Crippen molar-refractivity contribution in [2.75, 3.05) is 5.32 Å². The fourth-order valence-electron chi connectivity index (χ4n) is 2.21. The molecular formula is C16H12ClN3O3. The first-order valence-corrected chi connectivity index (χ1v) is 6.87. The van der Waals surface area contributed by atoms with E-state index in [2.05, 4.69) is 10.3 Å². The largest absolute Gasteiger partial charge is 0.324 e. The molecule has 0 unspecified atom stereocenters. The van der Waals surface area contributed by atoms with E-state index in [1.165, 1.54) is 18.2 Å². The Morgan fingerprint density at radius 1 is 1.35 bits per heavy atom. The first-order chi connectivity index (χ1) is 12.5. The van der Waals surface area contributed by atoms with Gasteiger partial charge in [-0.25, -0.2) is 0 Å². The van der Waals surface area contributed by atoms with Gasteiger partial charge in [-0.15, -0.1) is 0 Å². The van der Waals surface area contributed by atoms with E-state index in [9.17, 15) is 14.9 Å². The maximum atomic E-state index is 12.5. The van der Waals surface area contributed by atoms with E-state index in [0.29, 0.717) is 0 Å². The summed E-state index contributed by atoms with van der Waals surface area (Å²) >= 11 is 6.20. The molecule has 0 saturated carbocycles. The highest BCUT2D eigenvalue weighted by molar-refractivity contribution is 6.36. The number of rotatable bonds is 2. The van der Waals surface area contributed by atoms with Gasteiger partial charge in [-0.3, -0.25) is 19.9 Å². The van der Waals surface area contributed by atoms with E-state index in [1.807, 2.05) is 0 Å². The number of amides is 1. The van der Waals surface area contributed by atoms with Crippen molar-refractivity contribution in [2.45, 2.75) is 12.9 Å². The van der Waals surface area contributed by atoms with Gasteiger partial charge in [0.25, 0.3) is 5.69 Å². The summed E-state index contributed by atoms with van der Waals surface area (Å²) in [5.74, 6) is -1.17. The van der Waals surface area contributed by atoms with Crippen LogP contribution in [0, 0.1) is 10.1 Å². The van der Waals surface area contributed by atoms with Crippen LogP contribution in [-0.2, 0) is 4.79 Å². The molecule has 0 aliphatic carbocycles. The van der Waals surface area contributed by atoms with Gasteiger partial charge in [0.2, 0.25) is 5.91 Å². The Bertz CT molecular complexity index is 993. The molecule has 1 N–H and O–H groups in total. The minimum Gasteiger partial charge on any atom is -0.324 e. The smallest absolute Gasteiger partial charge is 0.270 e. The molecule has 0 radical (unpaired) electrons. The zero-order chi connectivity index (χ0) is 20.0. The Kier molecular flexibility index (Phi) is 2.76. The Hall–Kier alpha value is -2.73. The van der Waals surface area contributed by atoms with E-state index < -0.39 is 23.7 Å². The van der Waals surface area contributed by atoms with Gasteiger partial charge in [0.1, 0.15) is 6.02 Å². The number of nitrogens with zero attached hydrogens (tertiary/aromatic N) is 2. The molecule has 3 rings (SSSR count). The van der Waals surface area contributed by atoms with E-state index in [4.69, 9.17) is 17.1 Å². The maximum Gasteiger partial charge on any atom is 0.270 e. The number of non-ortho nitro benzene ring substituents is 1. The van der Waals surface area contributed by atoms with E-state index in [-0.39, 0.29) is 33.2 Å². The number of hydrogen-bond acceptors (Lipinski definition) is 4. The van der Waals surface area contributed by atoms with Crippen molar-refractivity contribution < 1.29 is 15.2 Å². The summed E-state index contributed by atoms with van der Waals surface area (Å²) in [6.07, 6.45) is 0.